The SMILES string of the molecule is Cc1ccc(C)c(C(N)c2ccnc(C)n2)c1. The maximum atomic E-state index is 6.26. The van der Waals surface area contributed by atoms with Crippen LogP contribution in [-0.4, -0.2) is 9.97 Å². The fourth-order valence-corrected chi connectivity index (χ4v) is 1.90. The predicted molar refractivity (Wildman–Crippen MR) is 68.7 cm³/mol. The zero-order valence-corrected chi connectivity index (χ0v) is 10.4. The van der Waals surface area contributed by atoms with Crippen molar-refractivity contribution in [2.24, 2.45) is 5.73 Å². The molecule has 1 atom stereocenters. The van der Waals surface area contributed by atoms with Crippen molar-refractivity contribution < 1.29 is 0 Å². The van der Waals surface area contributed by atoms with Crippen molar-refractivity contribution in [3.63, 3.8) is 0 Å². The van der Waals surface area contributed by atoms with Crippen molar-refractivity contribution >= 4 is 0 Å². The van der Waals surface area contributed by atoms with Crippen LogP contribution >= 0.6 is 0 Å². The number of nitrogens with zero attached hydrogens (tertiary/aromatic N) is 2. The average molecular weight is 227 g/mol. The molecule has 2 aromatic rings. The summed E-state index contributed by atoms with van der Waals surface area (Å²) in [5.74, 6) is 0.753. The molecule has 1 heterocycles. The van der Waals surface area contributed by atoms with Crippen molar-refractivity contribution in [3.05, 3.63) is 58.7 Å². The summed E-state index contributed by atoms with van der Waals surface area (Å²) in [6, 6.07) is 8.00. The molecule has 0 bridgehead atoms. The van der Waals surface area contributed by atoms with Crippen LogP contribution < -0.4 is 5.73 Å². The standard InChI is InChI=1S/C14H17N3/c1-9-4-5-10(2)12(8-9)14(15)13-6-7-16-11(3)17-13/h4-8,14H,15H2,1-3H3. The summed E-state index contributed by atoms with van der Waals surface area (Å²) in [6.07, 6.45) is 1.75. The van der Waals surface area contributed by atoms with Crippen molar-refractivity contribution in [1.82, 2.24) is 9.97 Å². The number of hydrogen-bond acceptors (Lipinski definition) is 3. The Balaban J connectivity index is 2.43. The number of rotatable bonds is 2. The lowest BCUT2D eigenvalue weighted by Crippen LogP contribution is -2.15. The molecule has 0 aliphatic carbocycles. The second kappa shape index (κ2) is 4.63. The fourth-order valence-electron chi connectivity index (χ4n) is 1.90. The summed E-state index contributed by atoms with van der Waals surface area (Å²) in [4.78, 5) is 8.47. The molecule has 0 radical (unpaired) electrons. The Bertz CT molecular complexity index is 535. The summed E-state index contributed by atoms with van der Waals surface area (Å²) in [6.45, 7) is 6.02. The monoisotopic (exact) mass is 227 g/mol. The van der Waals surface area contributed by atoms with E-state index >= 15 is 0 Å². The van der Waals surface area contributed by atoms with Crippen LogP contribution in [-0.2, 0) is 0 Å². The van der Waals surface area contributed by atoms with Gasteiger partial charge in [-0.1, -0.05) is 23.8 Å². The van der Waals surface area contributed by atoms with E-state index in [0.717, 1.165) is 17.1 Å². The van der Waals surface area contributed by atoms with Gasteiger partial charge in [0, 0.05) is 6.20 Å². The Morgan fingerprint density at radius 2 is 1.88 bits per heavy atom. The van der Waals surface area contributed by atoms with E-state index in [-0.39, 0.29) is 6.04 Å². The molecule has 0 saturated carbocycles. The molecule has 3 nitrogen and oxygen atoms in total. The molecule has 0 aliphatic heterocycles. The largest absolute Gasteiger partial charge is 0.319 e. The Hall–Kier alpha value is -1.74. The van der Waals surface area contributed by atoms with Gasteiger partial charge in [-0.15, -0.1) is 0 Å². The summed E-state index contributed by atoms with van der Waals surface area (Å²) in [5.41, 5.74) is 10.7. The van der Waals surface area contributed by atoms with Gasteiger partial charge in [0.15, 0.2) is 0 Å². The van der Waals surface area contributed by atoms with E-state index in [0.29, 0.717) is 0 Å². The molecule has 88 valence electrons. The van der Waals surface area contributed by atoms with E-state index in [1.54, 1.807) is 6.20 Å². The van der Waals surface area contributed by atoms with Crippen LogP contribution in [0.25, 0.3) is 0 Å². The number of benzene rings is 1. The van der Waals surface area contributed by atoms with Gasteiger partial charge in [0.25, 0.3) is 0 Å². The molecule has 1 unspecified atom stereocenters. The fraction of sp³-hybridized carbons (Fsp3) is 0.286. The number of hydrogen-bond donors (Lipinski definition) is 1. The van der Waals surface area contributed by atoms with Crippen LogP contribution in [0, 0.1) is 20.8 Å². The zero-order chi connectivity index (χ0) is 12.4. The van der Waals surface area contributed by atoms with Gasteiger partial charge in [-0.25, -0.2) is 9.97 Å². The van der Waals surface area contributed by atoms with Gasteiger partial charge in [0.1, 0.15) is 5.82 Å². The van der Waals surface area contributed by atoms with Crippen molar-refractivity contribution in [3.8, 4) is 0 Å². The van der Waals surface area contributed by atoms with E-state index in [1.165, 1.54) is 11.1 Å². The highest BCUT2D eigenvalue weighted by Crippen LogP contribution is 2.22. The normalized spacial score (nSPS) is 12.5. The van der Waals surface area contributed by atoms with E-state index in [1.807, 2.05) is 13.0 Å². The van der Waals surface area contributed by atoms with Gasteiger partial charge in [0.2, 0.25) is 0 Å². The summed E-state index contributed by atoms with van der Waals surface area (Å²) < 4.78 is 0. The minimum atomic E-state index is -0.184. The van der Waals surface area contributed by atoms with Crippen LogP contribution in [0.2, 0.25) is 0 Å². The van der Waals surface area contributed by atoms with Gasteiger partial charge in [-0.3, -0.25) is 0 Å². The first-order valence-corrected chi connectivity index (χ1v) is 5.70. The van der Waals surface area contributed by atoms with E-state index < -0.39 is 0 Å². The molecule has 0 saturated heterocycles. The Labute approximate surface area is 102 Å². The van der Waals surface area contributed by atoms with Gasteiger partial charge in [-0.05, 0) is 38.0 Å². The molecule has 0 amide bonds. The minimum Gasteiger partial charge on any atom is -0.319 e. The Morgan fingerprint density at radius 1 is 1.12 bits per heavy atom. The van der Waals surface area contributed by atoms with Crippen LogP contribution in [0.15, 0.2) is 30.5 Å². The third-order valence-corrected chi connectivity index (χ3v) is 2.89. The molecular formula is C14H17N3. The van der Waals surface area contributed by atoms with Crippen LogP contribution in [0.1, 0.15) is 34.3 Å². The maximum absolute atomic E-state index is 6.26. The van der Waals surface area contributed by atoms with Crippen LogP contribution in [0.5, 0.6) is 0 Å². The van der Waals surface area contributed by atoms with Gasteiger partial charge < -0.3 is 5.73 Å². The minimum absolute atomic E-state index is 0.184. The number of aryl methyl sites for hydroxylation is 3. The Morgan fingerprint density at radius 3 is 2.59 bits per heavy atom. The highest BCUT2D eigenvalue weighted by atomic mass is 14.9. The first-order valence-electron chi connectivity index (χ1n) is 5.70. The molecule has 17 heavy (non-hydrogen) atoms. The second-order valence-corrected chi connectivity index (χ2v) is 4.37. The molecular weight excluding hydrogens is 210 g/mol. The molecule has 2 N–H and O–H groups in total. The topological polar surface area (TPSA) is 51.8 Å². The van der Waals surface area contributed by atoms with Crippen LogP contribution in [0.4, 0.5) is 0 Å². The first-order chi connectivity index (χ1) is 8.08. The lowest BCUT2D eigenvalue weighted by Gasteiger charge is -2.15. The van der Waals surface area contributed by atoms with Gasteiger partial charge >= 0.3 is 0 Å². The Kier molecular flexibility index (Phi) is 3.20. The summed E-state index contributed by atoms with van der Waals surface area (Å²) in [5, 5.41) is 0. The molecule has 0 spiro atoms. The maximum Gasteiger partial charge on any atom is 0.125 e. The summed E-state index contributed by atoms with van der Waals surface area (Å²) >= 11 is 0. The van der Waals surface area contributed by atoms with Crippen molar-refractivity contribution in [2.75, 3.05) is 0 Å². The highest BCUT2D eigenvalue weighted by Gasteiger charge is 2.13. The third-order valence-electron chi connectivity index (χ3n) is 2.89. The summed E-state index contributed by atoms with van der Waals surface area (Å²) in [7, 11) is 0. The van der Waals surface area contributed by atoms with Crippen LogP contribution in [0.3, 0.4) is 0 Å². The molecule has 0 aliphatic rings. The first kappa shape index (κ1) is 11.7. The quantitative estimate of drug-likeness (QED) is 0.857. The second-order valence-electron chi connectivity index (χ2n) is 4.37. The van der Waals surface area contributed by atoms with Crippen molar-refractivity contribution in [1.29, 1.82) is 0 Å². The smallest absolute Gasteiger partial charge is 0.125 e. The molecule has 1 aromatic heterocycles. The predicted octanol–water partition coefficient (Wildman–Crippen LogP) is 2.45. The lowest BCUT2D eigenvalue weighted by atomic mass is 9.97. The molecule has 1 aromatic carbocycles. The van der Waals surface area contributed by atoms with Gasteiger partial charge in [0.05, 0.1) is 11.7 Å². The lowest BCUT2D eigenvalue weighted by molar-refractivity contribution is 0.800. The van der Waals surface area contributed by atoms with E-state index in [4.69, 9.17) is 5.73 Å². The molecule has 2 rings (SSSR count). The van der Waals surface area contributed by atoms with Crippen molar-refractivity contribution in [2.45, 2.75) is 26.8 Å². The number of aromatic nitrogens is 2. The average Bonchev–Trinajstić information content (AvgIpc) is 2.31. The molecule has 3 heteroatoms. The zero-order valence-electron chi connectivity index (χ0n) is 10.4. The highest BCUT2D eigenvalue weighted by molar-refractivity contribution is 5.36. The van der Waals surface area contributed by atoms with Gasteiger partial charge in [-0.2, -0.15) is 0 Å². The number of nitrogens with two attached hydrogens (primary N) is 1. The third kappa shape index (κ3) is 2.50. The van der Waals surface area contributed by atoms with E-state index in [2.05, 4.69) is 42.0 Å². The van der Waals surface area contributed by atoms with E-state index in [9.17, 15) is 0 Å². The molecule has 0 fully saturated rings.